The number of rotatable bonds is 10. The third-order valence-electron chi connectivity index (χ3n) is 5.96. The molecule has 4 rings (SSSR count). The largest absolute Gasteiger partial charge is 0.496 e. The highest BCUT2D eigenvalue weighted by molar-refractivity contribution is 9.10. The highest BCUT2D eigenvalue weighted by Gasteiger charge is 2.28. The van der Waals surface area contributed by atoms with E-state index in [1.54, 1.807) is 30.3 Å². The average Bonchev–Trinajstić information content (AvgIpc) is 2.95. The number of hydrogen-bond donors (Lipinski definition) is 2. The number of amides is 1. The number of carbonyl (C=O) groups is 1. The topological polar surface area (TPSA) is 122 Å². The summed E-state index contributed by atoms with van der Waals surface area (Å²) in [5.41, 5.74) is 1.57. The molecule has 14 heteroatoms. The predicted molar refractivity (Wildman–Crippen MR) is 169 cm³/mol. The van der Waals surface area contributed by atoms with Crippen molar-refractivity contribution in [2.75, 3.05) is 28.0 Å². The molecule has 0 heterocycles. The van der Waals surface area contributed by atoms with Gasteiger partial charge in [-0.1, -0.05) is 47.0 Å². The van der Waals surface area contributed by atoms with Crippen LogP contribution in [0.15, 0.2) is 99.2 Å². The molecule has 0 unspecified atom stereocenters. The van der Waals surface area contributed by atoms with Crippen molar-refractivity contribution in [2.24, 2.45) is 0 Å². The van der Waals surface area contributed by atoms with Crippen molar-refractivity contribution >= 4 is 82.1 Å². The van der Waals surface area contributed by atoms with Gasteiger partial charge in [-0.3, -0.25) is 13.8 Å². The fourth-order valence-corrected chi connectivity index (χ4v) is 7.41. The molecule has 4 aromatic carbocycles. The lowest BCUT2D eigenvalue weighted by Gasteiger charge is -2.24. The van der Waals surface area contributed by atoms with E-state index in [2.05, 4.69) is 26.0 Å². The fourth-order valence-electron chi connectivity index (χ4n) is 3.80. The Kier molecular flexibility index (Phi) is 9.74. The van der Waals surface area contributed by atoms with Crippen LogP contribution in [0.4, 0.5) is 17.1 Å². The Labute approximate surface area is 262 Å². The highest BCUT2D eigenvalue weighted by atomic mass is 79.9. The first-order valence-corrected chi connectivity index (χ1v) is 16.6. The summed E-state index contributed by atoms with van der Waals surface area (Å²) >= 11 is 15.4. The number of halogens is 3. The molecule has 0 aliphatic rings. The summed E-state index contributed by atoms with van der Waals surface area (Å²) in [5.74, 6) is -0.198. The van der Waals surface area contributed by atoms with Gasteiger partial charge in [0.25, 0.3) is 20.0 Å². The second-order valence-corrected chi connectivity index (χ2v) is 14.1. The zero-order chi connectivity index (χ0) is 30.7. The van der Waals surface area contributed by atoms with Crippen LogP contribution in [-0.2, 0) is 24.8 Å². The normalized spacial score (nSPS) is 11.5. The van der Waals surface area contributed by atoms with Gasteiger partial charge in [-0.2, -0.15) is 0 Å². The van der Waals surface area contributed by atoms with Crippen molar-refractivity contribution < 1.29 is 26.4 Å². The summed E-state index contributed by atoms with van der Waals surface area (Å²) in [5, 5.41) is 2.87. The summed E-state index contributed by atoms with van der Waals surface area (Å²) in [4.78, 5) is 13.0. The van der Waals surface area contributed by atoms with Crippen LogP contribution < -0.4 is 19.1 Å². The van der Waals surface area contributed by atoms with Gasteiger partial charge in [0.05, 0.1) is 42.8 Å². The van der Waals surface area contributed by atoms with Crippen molar-refractivity contribution in [3.8, 4) is 5.75 Å². The first-order chi connectivity index (χ1) is 19.8. The van der Waals surface area contributed by atoms with Crippen LogP contribution in [0.25, 0.3) is 0 Å². The standard InChI is InChI=1S/C28H24BrCl2N3O6S2/c1-18-6-10-20(11-7-18)34(42(38,39)22-14-15-26(40-2)23(29)16-22)17-27(35)32-19-8-12-21(13-9-19)41(36,37)33-25-5-3-4-24(30)28(25)31/h3-16,33H,17H2,1-2H3,(H,32,35). The van der Waals surface area contributed by atoms with E-state index in [1.807, 2.05) is 6.92 Å². The number of nitrogens with zero attached hydrogens (tertiary/aromatic N) is 1. The Morgan fingerprint density at radius 1 is 0.905 bits per heavy atom. The number of methoxy groups -OCH3 is 1. The number of hydrogen-bond acceptors (Lipinski definition) is 6. The van der Waals surface area contributed by atoms with Gasteiger partial charge in [0, 0.05) is 5.69 Å². The van der Waals surface area contributed by atoms with Crippen LogP contribution in [0, 0.1) is 6.92 Å². The molecule has 0 radical (unpaired) electrons. The molecular weight excluding hydrogens is 689 g/mol. The van der Waals surface area contributed by atoms with Gasteiger partial charge in [0.1, 0.15) is 12.3 Å². The zero-order valence-electron chi connectivity index (χ0n) is 22.1. The highest BCUT2D eigenvalue weighted by Crippen LogP contribution is 2.32. The van der Waals surface area contributed by atoms with Gasteiger partial charge in [0.15, 0.2) is 0 Å². The Morgan fingerprint density at radius 3 is 2.17 bits per heavy atom. The van der Waals surface area contributed by atoms with E-state index in [1.165, 1.54) is 61.7 Å². The van der Waals surface area contributed by atoms with Crippen LogP contribution in [-0.4, -0.2) is 36.4 Å². The predicted octanol–water partition coefficient (Wildman–Crippen LogP) is 6.71. The lowest BCUT2D eigenvalue weighted by molar-refractivity contribution is -0.114. The molecule has 42 heavy (non-hydrogen) atoms. The van der Waals surface area contributed by atoms with Gasteiger partial charge in [-0.25, -0.2) is 16.8 Å². The summed E-state index contributed by atoms with van der Waals surface area (Å²) in [6.07, 6.45) is 0. The molecule has 0 saturated carbocycles. The first kappa shape index (κ1) is 31.6. The first-order valence-electron chi connectivity index (χ1n) is 12.1. The summed E-state index contributed by atoms with van der Waals surface area (Å²) in [6.45, 7) is 1.31. The maximum absolute atomic E-state index is 13.7. The van der Waals surface area contributed by atoms with Crippen LogP contribution in [0.2, 0.25) is 10.0 Å². The van der Waals surface area contributed by atoms with Gasteiger partial charge in [-0.05, 0) is 89.6 Å². The van der Waals surface area contributed by atoms with Crippen LogP contribution in [0.3, 0.4) is 0 Å². The molecule has 1 amide bonds. The molecule has 0 aliphatic carbocycles. The number of carbonyl (C=O) groups excluding carboxylic acids is 1. The Morgan fingerprint density at radius 2 is 1.55 bits per heavy atom. The van der Waals surface area contributed by atoms with Crippen LogP contribution in [0.1, 0.15) is 5.56 Å². The third kappa shape index (κ3) is 7.19. The summed E-state index contributed by atoms with van der Waals surface area (Å²) < 4.78 is 62.1. The SMILES string of the molecule is COc1ccc(S(=O)(=O)N(CC(=O)Nc2ccc(S(=O)(=O)Nc3cccc(Cl)c3Cl)cc2)c2ccc(C)cc2)cc1Br. The van der Waals surface area contributed by atoms with Crippen molar-refractivity contribution in [1.29, 1.82) is 0 Å². The molecule has 0 atom stereocenters. The minimum Gasteiger partial charge on any atom is -0.496 e. The van der Waals surface area contributed by atoms with Gasteiger partial charge in [0.2, 0.25) is 5.91 Å². The number of benzene rings is 4. The molecule has 0 saturated heterocycles. The molecule has 0 aromatic heterocycles. The lowest BCUT2D eigenvalue weighted by atomic mass is 10.2. The van der Waals surface area contributed by atoms with Crippen molar-refractivity contribution in [3.63, 3.8) is 0 Å². The second kappa shape index (κ2) is 12.9. The van der Waals surface area contributed by atoms with Gasteiger partial charge in [-0.15, -0.1) is 0 Å². The second-order valence-electron chi connectivity index (χ2n) is 8.92. The molecule has 0 bridgehead atoms. The van der Waals surface area contributed by atoms with Crippen molar-refractivity contribution in [1.82, 2.24) is 0 Å². The molecule has 2 N–H and O–H groups in total. The minimum absolute atomic E-state index is 0.0505. The molecule has 220 valence electrons. The molecule has 9 nitrogen and oxygen atoms in total. The van der Waals surface area contributed by atoms with Crippen LogP contribution in [0.5, 0.6) is 5.75 Å². The smallest absolute Gasteiger partial charge is 0.264 e. The van der Waals surface area contributed by atoms with Crippen molar-refractivity contribution in [3.05, 3.63) is 105 Å². The Bertz CT molecular complexity index is 1840. The summed E-state index contributed by atoms with van der Waals surface area (Å²) in [7, 11) is -6.74. The van der Waals surface area contributed by atoms with E-state index in [9.17, 15) is 21.6 Å². The van der Waals surface area contributed by atoms with Gasteiger partial charge >= 0.3 is 0 Å². The minimum atomic E-state index is -4.19. The average molecular weight is 713 g/mol. The fraction of sp³-hybridized carbons (Fsp3) is 0.107. The van der Waals surface area contributed by atoms with E-state index in [-0.39, 0.29) is 36.9 Å². The monoisotopic (exact) mass is 711 g/mol. The maximum atomic E-state index is 13.7. The molecule has 0 fully saturated rings. The van der Waals surface area contributed by atoms with E-state index in [4.69, 9.17) is 27.9 Å². The zero-order valence-corrected chi connectivity index (χ0v) is 26.9. The van der Waals surface area contributed by atoms with Gasteiger partial charge < -0.3 is 10.1 Å². The molecule has 0 aliphatic heterocycles. The molecule has 0 spiro atoms. The number of anilines is 3. The number of aryl methyl sites for hydroxylation is 1. The van der Waals surface area contributed by atoms with Crippen molar-refractivity contribution in [2.45, 2.75) is 16.7 Å². The Hall–Kier alpha value is -3.29. The number of ether oxygens (including phenoxy) is 1. The third-order valence-corrected chi connectivity index (χ3v) is 10.6. The molecule has 4 aromatic rings. The Balaban J connectivity index is 1.55. The van der Waals surface area contributed by atoms with E-state index >= 15 is 0 Å². The number of nitrogens with one attached hydrogen (secondary N) is 2. The van der Waals surface area contributed by atoms with E-state index in [0.717, 1.165) is 9.87 Å². The maximum Gasteiger partial charge on any atom is 0.264 e. The van der Waals surface area contributed by atoms with E-state index < -0.39 is 32.5 Å². The lowest BCUT2D eigenvalue weighted by Crippen LogP contribution is -2.38. The van der Waals surface area contributed by atoms with Crippen LogP contribution >= 0.6 is 39.1 Å². The molecular formula is C28H24BrCl2N3O6S2. The number of sulfonamides is 2. The quantitative estimate of drug-likeness (QED) is 0.189. The summed E-state index contributed by atoms with van der Waals surface area (Å²) in [6, 6.07) is 20.9. The van der Waals surface area contributed by atoms with E-state index in [0.29, 0.717) is 10.2 Å².